The number of nitrogens with one attached hydrogen (secondary N) is 1. The van der Waals surface area contributed by atoms with Crippen LogP contribution in [0.4, 0.5) is 0 Å². The van der Waals surface area contributed by atoms with Crippen molar-refractivity contribution >= 4 is 0 Å². The second-order valence-electron chi connectivity index (χ2n) is 3.89. The summed E-state index contributed by atoms with van der Waals surface area (Å²) < 4.78 is 0. The van der Waals surface area contributed by atoms with Crippen LogP contribution in [0.2, 0.25) is 0 Å². The third-order valence-electron chi connectivity index (χ3n) is 2.76. The number of hydrogen-bond donors (Lipinski definition) is 1. The summed E-state index contributed by atoms with van der Waals surface area (Å²) >= 11 is 0. The van der Waals surface area contributed by atoms with Gasteiger partial charge in [0.25, 0.3) is 0 Å². The molecular weight excluding hydrogens is 122 g/mol. The fourth-order valence-corrected chi connectivity index (χ4v) is 1.95. The lowest BCUT2D eigenvalue weighted by Gasteiger charge is -2.22. The minimum absolute atomic E-state index is 1.03. The Balaban J connectivity index is 1.69. The third kappa shape index (κ3) is 1.72. The molecule has 0 unspecified atom stereocenters. The summed E-state index contributed by atoms with van der Waals surface area (Å²) in [7, 11) is 0. The van der Waals surface area contributed by atoms with Crippen LogP contribution in [-0.4, -0.2) is 13.1 Å². The van der Waals surface area contributed by atoms with E-state index in [-0.39, 0.29) is 0 Å². The van der Waals surface area contributed by atoms with Crippen LogP contribution < -0.4 is 5.32 Å². The zero-order valence-corrected chi connectivity index (χ0v) is 6.60. The van der Waals surface area contributed by atoms with Crippen molar-refractivity contribution in [1.82, 2.24) is 5.32 Å². The van der Waals surface area contributed by atoms with E-state index in [4.69, 9.17) is 0 Å². The van der Waals surface area contributed by atoms with Gasteiger partial charge in [-0.05, 0) is 44.2 Å². The molecule has 10 heavy (non-hydrogen) atoms. The van der Waals surface area contributed by atoms with Crippen molar-refractivity contribution < 1.29 is 0 Å². The molecule has 1 atom stereocenters. The van der Waals surface area contributed by atoms with E-state index < -0.39 is 0 Å². The van der Waals surface area contributed by atoms with Crippen LogP contribution >= 0.6 is 0 Å². The maximum absolute atomic E-state index is 3.47. The molecule has 0 aromatic rings. The molecule has 0 radical (unpaired) electrons. The SMILES string of the molecule is C1CNC[C@H](CC2CC2)C1. The van der Waals surface area contributed by atoms with Crippen LogP contribution in [-0.2, 0) is 0 Å². The summed E-state index contributed by atoms with van der Waals surface area (Å²) in [5.74, 6) is 2.16. The summed E-state index contributed by atoms with van der Waals surface area (Å²) in [5, 5.41) is 3.47. The number of hydrogen-bond acceptors (Lipinski definition) is 1. The highest BCUT2D eigenvalue weighted by atomic mass is 14.9. The number of piperidine rings is 1. The standard InChI is InChI=1S/C9H17N/c1-2-9(7-10-5-1)6-8-3-4-8/h8-10H,1-7H2/t9-/m0/s1. The molecule has 2 rings (SSSR count). The lowest BCUT2D eigenvalue weighted by molar-refractivity contribution is 0.344. The van der Waals surface area contributed by atoms with Crippen molar-refractivity contribution in [1.29, 1.82) is 0 Å². The van der Waals surface area contributed by atoms with Gasteiger partial charge in [0, 0.05) is 0 Å². The quantitative estimate of drug-likeness (QED) is 0.615. The van der Waals surface area contributed by atoms with Crippen molar-refractivity contribution in [3.63, 3.8) is 0 Å². The maximum Gasteiger partial charge on any atom is -0.00204 e. The van der Waals surface area contributed by atoms with Gasteiger partial charge in [-0.2, -0.15) is 0 Å². The third-order valence-corrected chi connectivity index (χ3v) is 2.76. The van der Waals surface area contributed by atoms with Gasteiger partial charge in [0.1, 0.15) is 0 Å². The van der Waals surface area contributed by atoms with Crippen molar-refractivity contribution in [2.75, 3.05) is 13.1 Å². The van der Waals surface area contributed by atoms with Crippen LogP contribution in [0.1, 0.15) is 32.1 Å². The molecule has 0 bridgehead atoms. The van der Waals surface area contributed by atoms with Crippen LogP contribution in [0.25, 0.3) is 0 Å². The fourth-order valence-electron chi connectivity index (χ4n) is 1.95. The van der Waals surface area contributed by atoms with E-state index in [2.05, 4.69) is 5.32 Å². The Morgan fingerprint density at radius 2 is 2.00 bits per heavy atom. The Morgan fingerprint density at radius 1 is 1.10 bits per heavy atom. The Bertz CT molecular complexity index is 101. The van der Waals surface area contributed by atoms with Gasteiger partial charge in [-0.15, -0.1) is 0 Å². The molecule has 1 aliphatic carbocycles. The van der Waals surface area contributed by atoms with Crippen LogP contribution in [0.5, 0.6) is 0 Å². The molecule has 1 nitrogen and oxygen atoms in total. The van der Waals surface area contributed by atoms with Crippen molar-refractivity contribution in [3.05, 3.63) is 0 Å². The van der Waals surface area contributed by atoms with Crippen LogP contribution in [0.15, 0.2) is 0 Å². The normalized spacial score (nSPS) is 34.2. The van der Waals surface area contributed by atoms with Crippen LogP contribution in [0, 0.1) is 11.8 Å². The summed E-state index contributed by atoms with van der Waals surface area (Å²) in [6.45, 7) is 2.57. The first-order valence-corrected chi connectivity index (χ1v) is 4.66. The van der Waals surface area contributed by atoms with Gasteiger partial charge < -0.3 is 5.32 Å². The van der Waals surface area contributed by atoms with Gasteiger partial charge >= 0.3 is 0 Å². The topological polar surface area (TPSA) is 12.0 Å². The molecule has 0 amide bonds. The van der Waals surface area contributed by atoms with E-state index in [0.717, 1.165) is 11.8 Å². The minimum atomic E-state index is 1.03. The zero-order chi connectivity index (χ0) is 6.81. The smallest absolute Gasteiger partial charge is 0.00204 e. The maximum atomic E-state index is 3.47. The van der Waals surface area contributed by atoms with Gasteiger partial charge in [-0.25, -0.2) is 0 Å². The number of rotatable bonds is 2. The van der Waals surface area contributed by atoms with E-state index in [1.165, 1.54) is 45.2 Å². The Labute approximate surface area is 63.2 Å². The first kappa shape index (κ1) is 6.66. The molecule has 0 aromatic heterocycles. The van der Waals surface area contributed by atoms with E-state index in [0.29, 0.717) is 0 Å². The minimum Gasteiger partial charge on any atom is -0.316 e. The highest BCUT2D eigenvalue weighted by Crippen LogP contribution is 2.36. The zero-order valence-electron chi connectivity index (χ0n) is 6.60. The molecule has 2 aliphatic rings. The molecule has 0 aromatic carbocycles. The Kier molecular flexibility index (Phi) is 1.94. The van der Waals surface area contributed by atoms with Gasteiger partial charge in [0.15, 0.2) is 0 Å². The van der Waals surface area contributed by atoms with Gasteiger partial charge in [-0.3, -0.25) is 0 Å². The molecule has 1 heteroatoms. The average molecular weight is 139 g/mol. The fraction of sp³-hybridized carbons (Fsp3) is 1.00. The van der Waals surface area contributed by atoms with Gasteiger partial charge in [0.2, 0.25) is 0 Å². The second kappa shape index (κ2) is 2.91. The largest absolute Gasteiger partial charge is 0.316 e. The Morgan fingerprint density at radius 3 is 2.60 bits per heavy atom. The summed E-state index contributed by atoms with van der Waals surface area (Å²) in [5.41, 5.74) is 0. The lowest BCUT2D eigenvalue weighted by Crippen LogP contribution is -2.29. The first-order chi connectivity index (χ1) is 4.95. The molecule has 1 heterocycles. The molecule has 1 saturated carbocycles. The predicted octanol–water partition coefficient (Wildman–Crippen LogP) is 1.79. The molecule has 1 aliphatic heterocycles. The highest BCUT2D eigenvalue weighted by molar-refractivity contribution is 4.79. The molecule has 2 fully saturated rings. The van der Waals surface area contributed by atoms with Crippen LogP contribution in [0.3, 0.4) is 0 Å². The van der Waals surface area contributed by atoms with Gasteiger partial charge in [0.05, 0.1) is 0 Å². The summed E-state index contributed by atoms with van der Waals surface area (Å²) in [6.07, 6.45) is 7.47. The van der Waals surface area contributed by atoms with E-state index >= 15 is 0 Å². The first-order valence-electron chi connectivity index (χ1n) is 4.66. The Hall–Kier alpha value is -0.0400. The molecule has 1 N–H and O–H groups in total. The van der Waals surface area contributed by atoms with Crippen molar-refractivity contribution in [2.45, 2.75) is 32.1 Å². The molecule has 0 spiro atoms. The van der Waals surface area contributed by atoms with E-state index in [1.54, 1.807) is 0 Å². The second-order valence-corrected chi connectivity index (χ2v) is 3.89. The van der Waals surface area contributed by atoms with E-state index in [1.807, 2.05) is 0 Å². The average Bonchev–Trinajstić information content (AvgIpc) is 2.74. The molecule has 58 valence electrons. The molecular formula is C9H17N. The predicted molar refractivity (Wildman–Crippen MR) is 42.9 cm³/mol. The molecule has 1 saturated heterocycles. The summed E-state index contributed by atoms with van der Waals surface area (Å²) in [6, 6.07) is 0. The highest BCUT2D eigenvalue weighted by Gasteiger charge is 2.25. The van der Waals surface area contributed by atoms with Gasteiger partial charge in [-0.1, -0.05) is 12.8 Å². The van der Waals surface area contributed by atoms with Crippen molar-refractivity contribution in [3.8, 4) is 0 Å². The van der Waals surface area contributed by atoms with E-state index in [9.17, 15) is 0 Å². The lowest BCUT2D eigenvalue weighted by atomic mass is 9.94. The monoisotopic (exact) mass is 139 g/mol. The van der Waals surface area contributed by atoms with Crippen molar-refractivity contribution in [2.24, 2.45) is 11.8 Å². The summed E-state index contributed by atoms with van der Waals surface area (Å²) in [4.78, 5) is 0.